The van der Waals surface area contributed by atoms with Gasteiger partial charge in [0.25, 0.3) is 0 Å². The molecule has 2 rings (SSSR count). The summed E-state index contributed by atoms with van der Waals surface area (Å²) in [5, 5.41) is 3.42. The Morgan fingerprint density at radius 2 is 2.25 bits per heavy atom. The van der Waals surface area contributed by atoms with E-state index in [9.17, 15) is 0 Å². The van der Waals surface area contributed by atoms with Crippen LogP contribution in [0.4, 0.5) is 11.4 Å². The van der Waals surface area contributed by atoms with Crippen molar-refractivity contribution < 1.29 is 4.74 Å². The first-order chi connectivity index (χ1) is 7.85. The minimum Gasteiger partial charge on any atom is -0.494 e. The molecule has 0 aliphatic carbocycles. The molecule has 3 heteroatoms. The standard InChI is InChI=1S/C13H20N2O/c1-3-9-16-11-5-6-13-12(10-11)14-7-8-15(13)4-2/h5-6,10,14H,3-4,7-9H2,1-2H3. The van der Waals surface area contributed by atoms with Gasteiger partial charge in [0, 0.05) is 25.7 Å². The lowest BCUT2D eigenvalue weighted by atomic mass is 10.2. The van der Waals surface area contributed by atoms with Gasteiger partial charge in [0.1, 0.15) is 5.75 Å². The van der Waals surface area contributed by atoms with Gasteiger partial charge in [-0.15, -0.1) is 0 Å². The number of rotatable bonds is 4. The molecule has 0 spiro atoms. The quantitative estimate of drug-likeness (QED) is 0.844. The third-order valence-electron chi connectivity index (χ3n) is 2.86. The smallest absolute Gasteiger partial charge is 0.121 e. The number of anilines is 2. The molecule has 0 fully saturated rings. The van der Waals surface area contributed by atoms with Crippen LogP contribution < -0.4 is 15.0 Å². The molecule has 0 bridgehead atoms. The first-order valence-electron chi connectivity index (χ1n) is 6.10. The molecule has 0 saturated carbocycles. The van der Waals surface area contributed by atoms with E-state index in [-0.39, 0.29) is 0 Å². The van der Waals surface area contributed by atoms with Crippen molar-refractivity contribution in [3.05, 3.63) is 18.2 Å². The maximum Gasteiger partial charge on any atom is 0.121 e. The molecule has 1 aliphatic heterocycles. The summed E-state index contributed by atoms with van der Waals surface area (Å²) >= 11 is 0. The summed E-state index contributed by atoms with van der Waals surface area (Å²) in [7, 11) is 0. The molecule has 0 atom stereocenters. The van der Waals surface area contributed by atoms with E-state index in [1.54, 1.807) is 0 Å². The van der Waals surface area contributed by atoms with Gasteiger partial charge in [-0.2, -0.15) is 0 Å². The monoisotopic (exact) mass is 220 g/mol. The van der Waals surface area contributed by atoms with Gasteiger partial charge in [0.2, 0.25) is 0 Å². The third-order valence-corrected chi connectivity index (χ3v) is 2.86. The first-order valence-corrected chi connectivity index (χ1v) is 6.10. The number of nitrogens with one attached hydrogen (secondary N) is 1. The minimum absolute atomic E-state index is 0.788. The molecule has 0 aromatic heterocycles. The Hall–Kier alpha value is -1.38. The Labute approximate surface area is 97.4 Å². The topological polar surface area (TPSA) is 24.5 Å². The van der Waals surface area contributed by atoms with E-state index in [4.69, 9.17) is 4.74 Å². The summed E-state index contributed by atoms with van der Waals surface area (Å²) in [5.74, 6) is 0.964. The Morgan fingerprint density at radius 3 is 3.00 bits per heavy atom. The predicted octanol–water partition coefficient (Wildman–Crippen LogP) is 2.73. The fourth-order valence-electron chi connectivity index (χ4n) is 2.02. The zero-order chi connectivity index (χ0) is 11.4. The van der Waals surface area contributed by atoms with Crippen molar-refractivity contribution >= 4 is 11.4 Å². The second kappa shape index (κ2) is 5.10. The highest BCUT2D eigenvalue weighted by Crippen LogP contribution is 2.32. The lowest BCUT2D eigenvalue weighted by Crippen LogP contribution is -2.33. The minimum atomic E-state index is 0.788. The van der Waals surface area contributed by atoms with Crippen molar-refractivity contribution in [3.63, 3.8) is 0 Å². The SMILES string of the molecule is CCCOc1ccc2c(c1)NCCN2CC. The van der Waals surface area contributed by atoms with Crippen LogP contribution >= 0.6 is 0 Å². The predicted molar refractivity (Wildman–Crippen MR) is 68.6 cm³/mol. The third kappa shape index (κ3) is 2.23. The number of benzene rings is 1. The zero-order valence-corrected chi connectivity index (χ0v) is 10.1. The van der Waals surface area contributed by atoms with Crippen LogP contribution in [0.5, 0.6) is 5.75 Å². The van der Waals surface area contributed by atoms with E-state index in [2.05, 4.69) is 42.3 Å². The second-order valence-corrected chi connectivity index (χ2v) is 4.03. The summed E-state index contributed by atoms with van der Waals surface area (Å²) in [6, 6.07) is 6.31. The zero-order valence-electron chi connectivity index (χ0n) is 10.1. The molecule has 1 aliphatic rings. The molecule has 0 amide bonds. The van der Waals surface area contributed by atoms with Gasteiger partial charge < -0.3 is 15.0 Å². The van der Waals surface area contributed by atoms with E-state index in [1.807, 2.05) is 0 Å². The van der Waals surface area contributed by atoms with Gasteiger partial charge in [-0.25, -0.2) is 0 Å². The first kappa shape index (κ1) is 11.1. The lowest BCUT2D eigenvalue weighted by molar-refractivity contribution is 0.317. The molecule has 1 N–H and O–H groups in total. The number of likely N-dealkylation sites (N-methyl/N-ethyl adjacent to an activating group) is 1. The molecule has 88 valence electrons. The summed E-state index contributed by atoms with van der Waals surface area (Å²) < 4.78 is 5.63. The highest BCUT2D eigenvalue weighted by molar-refractivity contribution is 5.73. The molecule has 1 aromatic rings. The number of hydrogen-bond acceptors (Lipinski definition) is 3. The number of nitrogens with zero attached hydrogens (tertiary/aromatic N) is 1. The van der Waals surface area contributed by atoms with Crippen LogP contribution in [0, 0.1) is 0 Å². The van der Waals surface area contributed by atoms with Crippen LogP contribution in [0.1, 0.15) is 20.3 Å². The van der Waals surface area contributed by atoms with Crippen molar-refractivity contribution in [2.45, 2.75) is 20.3 Å². The normalized spacial score (nSPS) is 14.2. The van der Waals surface area contributed by atoms with E-state index in [0.717, 1.165) is 38.4 Å². The lowest BCUT2D eigenvalue weighted by Gasteiger charge is -2.31. The highest BCUT2D eigenvalue weighted by Gasteiger charge is 2.15. The Kier molecular flexibility index (Phi) is 3.54. The molecule has 0 radical (unpaired) electrons. The average molecular weight is 220 g/mol. The van der Waals surface area contributed by atoms with E-state index in [0.29, 0.717) is 0 Å². The van der Waals surface area contributed by atoms with E-state index in [1.165, 1.54) is 11.4 Å². The van der Waals surface area contributed by atoms with Crippen molar-refractivity contribution in [1.82, 2.24) is 0 Å². The Bertz CT molecular complexity index is 352. The Morgan fingerprint density at radius 1 is 1.38 bits per heavy atom. The van der Waals surface area contributed by atoms with Crippen molar-refractivity contribution in [3.8, 4) is 5.75 Å². The average Bonchev–Trinajstić information content (AvgIpc) is 2.35. The van der Waals surface area contributed by atoms with Crippen LogP contribution in [0.2, 0.25) is 0 Å². The van der Waals surface area contributed by atoms with Crippen LogP contribution in [-0.2, 0) is 0 Å². The van der Waals surface area contributed by atoms with Gasteiger partial charge in [-0.05, 0) is 25.5 Å². The van der Waals surface area contributed by atoms with Gasteiger partial charge in [0.15, 0.2) is 0 Å². The molecular weight excluding hydrogens is 200 g/mol. The van der Waals surface area contributed by atoms with Gasteiger partial charge >= 0.3 is 0 Å². The number of fused-ring (bicyclic) bond motifs is 1. The summed E-state index contributed by atoms with van der Waals surface area (Å²) in [6.45, 7) is 8.25. The number of hydrogen-bond donors (Lipinski definition) is 1. The maximum atomic E-state index is 5.63. The Balaban J connectivity index is 2.18. The van der Waals surface area contributed by atoms with Gasteiger partial charge in [-0.3, -0.25) is 0 Å². The van der Waals surface area contributed by atoms with Crippen LogP contribution in [0.15, 0.2) is 18.2 Å². The van der Waals surface area contributed by atoms with Gasteiger partial charge in [0.05, 0.1) is 18.0 Å². The molecular formula is C13H20N2O. The molecule has 1 aromatic carbocycles. The molecule has 16 heavy (non-hydrogen) atoms. The molecule has 3 nitrogen and oxygen atoms in total. The fraction of sp³-hybridized carbons (Fsp3) is 0.538. The van der Waals surface area contributed by atoms with E-state index >= 15 is 0 Å². The largest absolute Gasteiger partial charge is 0.494 e. The molecule has 0 saturated heterocycles. The van der Waals surface area contributed by atoms with Crippen LogP contribution in [-0.4, -0.2) is 26.2 Å². The summed E-state index contributed by atoms with van der Waals surface area (Å²) in [4.78, 5) is 2.38. The van der Waals surface area contributed by atoms with Crippen molar-refractivity contribution in [1.29, 1.82) is 0 Å². The fourth-order valence-corrected chi connectivity index (χ4v) is 2.02. The van der Waals surface area contributed by atoms with E-state index < -0.39 is 0 Å². The van der Waals surface area contributed by atoms with Crippen molar-refractivity contribution in [2.24, 2.45) is 0 Å². The molecule has 1 heterocycles. The highest BCUT2D eigenvalue weighted by atomic mass is 16.5. The second-order valence-electron chi connectivity index (χ2n) is 4.03. The number of ether oxygens (including phenoxy) is 1. The maximum absolute atomic E-state index is 5.63. The van der Waals surface area contributed by atoms with Crippen LogP contribution in [0.25, 0.3) is 0 Å². The van der Waals surface area contributed by atoms with Crippen molar-refractivity contribution in [2.75, 3.05) is 36.5 Å². The van der Waals surface area contributed by atoms with Gasteiger partial charge in [-0.1, -0.05) is 6.92 Å². The summed E-state index contributed by atoms with van der Waals surface area (Å²) in [6.07, 6.45) is 1.05. The summed E-state index contributed by atoms with van der Waals surface area (Å²) in [5.41, 5.74) is 2.49. The van der Waals surface area contributed by atoms with Crippen LogP contribution in [0.3, 0.4) is 0 Å². The molecule has 0 unspecified atom stereocenters.